The van der Waals surface area contributed by atoms with E-state index in [4.69, 9.17) is 4.52 Å². The van der Waals surface area contributed by atoms with Crippen molar-refractivity contribution in [1.29, 1.82) is 0 Å². The number of halogens is 3. The fourth-order valence-electron chi connectivity index (χ4n) is 2.19. The van der Waals surface area contributed by atoms with Crippen LogP contribution in [0, 0.1) is 6.92 Å². The van der Waals surface area contributed by atoms with E-state index >= 15 is 0 Å². The molecule has 0 bridgehead atoms. The molecule has 0 spiro atoms. The minimum atomic E-state index is -4.36. The Morgan fingerprint density at radius 2 is 1.93 bits per heavy atom. The lowest BCUT2D eigenvalue weighted by Gasteiger charge is -2.11. The van der Waals surface area contributed by atoms with Crippen LogP contribution in [0.5, 0.6) is 0 Å². The number of nitrogens with zero attached hydrogens (tertiary/aromatic N) is 1. The lowest BCUT2D eigenvalue weighted by atomic mass is 10.1. The van der Waals surface area contributed by atoms with Gasteiger partial charge in [0.2, 0.25) is 11.8 Å². The van der Waals surface area contributed by atoms with Gasteiger partial charge >= 0.3 is 6.18 Å². The Balaban J connectivity index is 1.67. The van der Waals surface area contributed by atoms with Crippen LogP contribution in [0.1, 0.15) is 23.8 Å². The topological polar surface area (TPSA) is 84.2 Å². The molecule has 0 saturated carbocycles. The highest BCUT2D eigenvalue weighted by atomic mass is 32.2. The van der Waals surface area contributed by atoms with E-state index in [-0.39, 0.29) is 17.6 Å². The molecule has 1 aromatic carbocycles. The maximum Gasteiger partial charge on any atom is 0.416 e. The number of carbonyl (C=O) groups is 2. The standard InChI is InChI=1S/C18H20F3N3O3S/c1-11-9-15(24-27-11)23-17(26)12(2)28-10-16(25)22-8-7-13-3-5-14(6-4-13)18(19,20)21/h3-6,9,12H,7-8,10H2,1-2H3,(H,22,25)(H,23,24,26). The monoisotopic (exact) mass is 415 g/mol. The highest BCUT2D eigenvalue weighted by Gasteiger charge is 2.29. The molecule has 1 atom stereocenters. The van der Waals surface area contributed by atoms with Gasteiger partial charge in [-0.25, -0.2) is 0 Å². The third-order valence-electron chi connectivity index (χ3n) is 3.73. The molecule has 6 nitrogen and oxygen atoms in total. The number of hydrogen-bond donors (Lipinski definition) is 2. The van der Waals surface area contributed by atoms with Crippen molar-refractivity contribution in [2.45, 2.75) is 31.7 Å². The maximum atomic E-state index is 12.5. The highest BCUT2D eigenvalue weighted by Crippen LogP contribution is 2.29. The third-order valence-corrected chi connectivity index (χ3v) is 4.87. The summed E-state index contributed by atoms with van der Waals surface area (Å²) in [6.45, 7) is 3.67. The second kappa shape index (κ2) is 9.63. The van der Waals surface area contributed by atoms with Gasteiger partial charge in [-0.05, 0) is 38.0 Å². The van der Waals surface area contributed by atoms with E-state index in [9.17, 15) is 22.8 Å². The van der Waals surface area contributed by atoms with Crippen molar-refractivity contribution in [2.24, 2.45) is 0 Å². The number of rotatable bonds is 8. The van der Waals surface area contributed by atoms with Gasteiger partial charge in [0, 0.05) is 12.6 Å². The molecule has 0 aliphatic rings. The molecule has 0 radical (unpaired) electrons. The number of aryl methyl sites for hydroxylation is 1. The molecule has 2 aromatic rings. The first-order chi connectivity index (χ1) is 13.1. The number of amides is 2. The summed E-state index contributed by atoms with van der Waals surface area (Å²) >= 11 is 1.16. The zero-order chi connectivity index (χ0) is 20.7. The summed E-state index contributed by atoms with van der Waals surface area (Å²) in [6.07, 6.45) is -3.95. The van der Waals surface area contributed by atoms with E-state index < -0.39 is 17.0 Å². The predicted molar refractivity (Wildman–Crippen MR) is 99.9 cm³/mol. The van der Waals surface area contributed by atoms with Crippen LogP contribution < -0.4 is 10.6 Å². The molecular formula is C18H20F3N3O3S. The summed E-state index contributed by atoms with van der Waals surface area (Å²) in [5, 5.41) is 8.46. The van der Waals surface area contributed by atoms with E-state index in [0.29, 0.717) is 30.1 Å². The lowest BCUT2D eigenvalue weighted by Crippen LogP contribution is -2.30. The Morgan fingerprint density at radius 1 is 1.25 bits per heavy atom. The number of hydrogen-bond acceptors (Lipinski definition) is 5. The molecule has 2 N–H and O–H groups in total. The predicted octanol–water partition coefficient (Wildman–Crippen LogP) is 3.42. The SMILES string of the molecule is Cc1cc(NC(=O)C(C)SCC(=O)NCCc2ccc(C(F)(F)F)cc2)no1. The molecule has 0 saturated heterocycles. The summed E-state index contributed by atoms with van der Waals surface area (Å²) in [5.41, 5.74) is -0.0127. The van der Waals surface area contributed by atoms with Crippen molar-refractivity contribution in [3.05, 3.63) is 47.2 Å². The van der Waals surface area contributed by atoms with Crippen LogP contribution in [0.2, 0.25) is 0 Å². The van der Waals surface area contributed by atoms with Crippen molar-refractivity contribution in [2.75, 3.05) is 17.6 Å². The zero-order valence-electron chi connectivity index (χ0n) is 15.3. The van der Waals surface area contributed by atoms with Crippen LogP contribution in [-0.4, -0.2) is 34.5 Å². The van der Waals surface area contributed by atoms with Gasteiger partial charge in [-0.15, -0.1) is 11.8 Å². The van der Waals surface area contributed by atoms with Crippen molar-refractivity contribution < 1.29 is 27.3 Å². The molecule has 0 aliphatic carbocycles. The number of nitrogens with one attached hydrogen (secondary N) is 2. The van der Waals surface area contributed by atoms with Gasteiger partial charge < -0.3 is 15.2 Å². The lowest BCUT2D eigenvalue weighted by molar-refractivity contribution is -0.137. The summed E-state index contributed by atoms with van der Waals surface area (Å²) in [4.78, 5) is 23.9. The van der Waals surface area contributed by atoms with E-state index in [2.05, 4.69) is 15.8 Å². The molecule has 1 heterocycles. The van der Waals surface area contributed by atoms with E-state index in [1.54, 1.807) is 19.9 Å². The minimum absolute atomic E-state index is 0.0828. The van der Waals surface area contributed by atoms with Gasteiger partial charge in [0.15, 0.2) is 5.82 Å². The fourth-order valence-corrected chi connectivity index (χ4v) is 2.90. The van der Waals surface area contributed by atoms with Gasteiger partial charge in [0.05, 0.1) is 16.6 Å². The number of benzene rings is 1. The highest BCUT2D eigenvalue weighted by molar-refractivity contribution is 8.01. The van der Waals surface area contributed by atoms with Crippen LogP contribution >= 0.6 is 11.8 Å². The molecular weight excluding hydrogens is 395 g/mol. The van der Waals surface area contributed by atoms with Crippen LogP contribution in [-0.2, 0) is 22.2 Å². The number of aromatic nitrogens is 1. The Bertz CT molecular complexity index is 806. The molecule has 0 fully saturated rings. The first-order valence-electron chi connectivity index (χ1n) is 8.44. The Hall–Kier alpha value is -2.49. The molecule has 1 aromatic heterocycles. The Morgan fingerprint density at radius 3 is 2.50 bits per heavy atom. The minimum Gasteiger partial charge on any atom is -0.360 e. The van der Waals surface area contributed by atoms with Crippen molar-refractivity contribution in [1.82, 2.24) is 10.5 Å². The molecule has 2 rings (SSSR count). The second-order valence-corrected chi connectivity index (χ2v) is 7.39. The maximum absolute atomic E-state index is 12.5. The Labute approximate surface area is 164 Å². The van der Waals surface area contributed by atoms with Crippen LogP contribution in [0.15, 0.2) is 34.9 Å². The summed E-state index contributed by atoms with van der Waals surface area (Å²) in [5.74, 6) is 0.420. The van der Waals surface area contributed by atoms with Crippen molar-refractivity contribution in [3.8, 4) is 0 Å². The average molecular weight is 415 g/mol. The quantitative estimate of drug-likeness (QED) is 0.690. The first-order valence-corrected chi connectivity index (χ1v) is 9.48. The number of anilines is 1. The second-order valence-electron chi connectivity index (χ2n) is 6.06. The van der Waals surface area contributed by atoms with Crippen molar-refractivity contribution in [3.63, 3.8) is 0 Å². The molecule has 0 aliphatic heterocycles. The van der Waals surface area contributed by atoms with E-state index in [0.717, 1.165) is 23.9 Å². The fraction of sp³-hybridized carbons (Fsp3) is 0.389. The number of carbonyl (C=O) groups excluding carboxylic acids is 2. The van der Waals surface area contributed by atoms with Crippen LogP contribution in [0.3, 0.4) is 0 Å². The Kier molecular flexibility index (Phi) is 7.50. The average Bonchev–Trinajstić information content (AvgIpc) is 3.04. The van der Waals surface area contributed by atoms with Crippen LogP contribution in [0.4, 0.5) is 19.0 Å². The van der Waals surface area contributed by atoms with Gasteiger partial charge in [-0.2, -0.15) is 13.2 Å². The summed E-state index contributed by atoms with van der Waals surface area (Å²) in [7, 11) is 0. The summed E-state index contributed by atoms with van der Waals surface area (Å²) < 4.78 is 42.4. The van der Waals surface area contributed by atoms with Gasteiger partial charge in [-0.3, -0.25) is 9.59 Å². The first kappa shape index (κ1) is 21.8. The van der Waals surface area contributed by atoms with Crippen molar-refractivity contribution >= 4 is 29.4 Å². The van der Waals surface area contributed by atoms with Gasteiger partial charge in [0.1, 0.15) is 5.76 Å². The van der Waals surface area contributed by atoms with E-state index in [1.165, 1.54) is 12.1 Å². The molecule has 2 amide bonds. The third kappa shape index (κ3) is 6.91. The normalized spacial score (nSPS) is 12.5. The zero-order valence-corrected chi connectivity index (χ0v) is 16.1. The largest absolute Gasteiger partial charge is 0.416 e. The smallest absolute Gasteiger partial charge is 0.360 e. The van der Waals surface area contributed by atoms with E-state index in [1.807, 2.05) is 0 Å². The van der Waals surface area contributed by atoms with Crippen LogP contribution in [0.25, 0.3) is 0 Å². The molecule has 152 valence electrons. The van der Waals surface area contributed by atoms with Gasteiger partial charge in [-0.1, -0.05) is 17.3 Å². The number of thioether (sulfide) groups is 1. The van der Waals surface area contributed by atoms with Gasteiger partial charge in [0.25, 0.3) is 0 Å². The molecule has 10 heteroatoms. The molecule has 28 heavy (non-hydrogen) atoms. The number of alkyl halides is 3. The molecule has 1 unspecified atom stereocenters. The summed E-state index contributed by atoms with van der Waals surface area (Å²) in [6, 6.07) is 6.40.